The van der Waals surface area contributed by atoms with Gasteiger partial charge in [-0.25, -0.2) is 0 Å². The molecule has 0 bridgehead atoms. The summed E-state index contributed by atoms with van der Waals surface area (Å²) >= 11 is 3.21. The highest BCUT2D eigenvalue weighted by Crippen LogP contribution is 2.25. The third kappa shape index (κ3) is 3.23. The van der Waals surface area contributed by atoms with Crippen molar-refractivity contribution in [1.29, 1.82) is 0 Å². The molecule has 0 aliphatic rings. The van der Waals surface area contributed by atoms with E-state index in [0.717, 1.165) is 5.56 Å². The van der Waals surface area contributed by atoms with Crippen LogP contribution < -0.4 is 10.1 Å². The van der Waals surface area contributed by atoms with Gasteiger partial charge in [0.1, 0.15) is 5.75 Å². The van der Waals surface area contributed by atoms with Crippen LogP contribution in [0.1, 0.15) is 12.5 Å². The zero-order valence-corrected chi connectivity index (χ0v) is 10.6. The molecule has 0 aliphatic carbocycles. The van der Waals surface area contributed by atoms with Gasteiger partial charge in [-0.15, -0.1) is 0 Å². The molecular weight excluding hydrogens is 258 g/mol. The molecule has 82 valence electrons. The molecule has 4 heteroatoms. The van der Waals surface area contributed by atoms with Crippen LogP contribution in [-0.4, -0.2) is 17.8 Å². The third-order valence-corrected chi connectivity index (χ3v) is 2.39. The summed E-state index contributed by atoms with van der Waals surface area (Å²) in [6, 6.07) is 5.65. The predicted molar refractivity (Wildman–Crippen MR) is 64.7 cm³/mol. The first-order valence-corrected chi connectivity index (χ1v) is 5.55. The highest BCUT2D eigenvalue weighted by atomic mass is 79.9. The van der Waals surface area contributed by atoms with Crippen molar-refractivity contribution in [2.24, 2.45) is 0 Å². The van der Waals surface area contributed by atoms with Crippen LogP contribution in [0, 0.1) is 6.92 Å². The van der Waals surface area contributed by atoms with E-state index in [1.54, 1.807) is 14.0 Å². The Bertz CT molecular complexity index is 364. The van der Waals surface area contributed by atoms with Crippen LogP contribution in [0.15, 0.2) is 18.2 Å². The molecule has 0 radical (unpaired) electrons. The van der Waals surface area contributed by atoms with Gasteiger partial charge in [-0.1, -0.05) is 22.0 Å². The normalized spacial score (nSPS) is 12.0. The van der Waals surface area contributed by atoms with Gasteiger partial charge in [-0.05, 0) is 31.5 Å². The SMILES string of the molecule is COc1cc(C)ccc1NC(=O)C(C)Br. The zero-order valence-electron chi connectivity index (χ0n) is 9.00. The van der Waals surface area contributed by atoms with Crippen molar-refractivity contribution >= 4 is 27.5 Å². The molecule has 0 fully saturated rings. The zero-order chi connectivity index (χ0) is 11.4. The van der Waals surface area contributed by atoms with Crippen molar-refractivity contribution in [3.05, 3.63) is 23.8 Å². The number of hydrogen-bond acceptors (Lipinski definition) is 2. The molecule has 0 saturated heterocycles. The van der Waals surface area contributed by atoms with Gasteiger partial charge in [0.05, 0.1) is 17.6 Å². The van der Waals surface area contributed by atoms with Crippen LogP contribution >= 0.6 is 15.9 Å². The molecule has 1 unspecified atom stereocenters. The van der Waals surface area contributed by atoms with Crippen LogP contribution in [0.2, 0.25) is 0 Å². The summed E-state index contributed by atoms with van der Waals surface area (Å²) in [5.74, 6) is 0.591. The Morgan fingerprint density at radius 3 is 2.73 bits per heavy atom. The number of carbonyl (C=O) groups is 1. The maximum absolute atomic E-state index is 11.5. The lowest BCUT2D eigenvalue weighted by Gasteiger charge is -2.11. The number of ether oxygens (including phenoxy) is 1. The number of hydrogen-bond donors (Lipinski definition) is 1. The minimum atomic E-state index is -0.219. The van der Waals surface area contributed by atoms with E-state index in [2.05, 4.69) is 21.2 Å². The van der Waals surface area contributed by atoms with Crippen molar-refractivity contribution in [2.45, 2.75) is 18.7 Å². The van der Waals surface area contributed by atoms with Gasteiger partial charge < -0.3 is 10.1 Å². The van der Waals surface area contributed by atoms with Gasteiger partial charge >= 0.3 is 0 Å². The second-order valence-corrected chi connectivity index (χ2v) is 4.68. The smallest absolute Gasteiger partial charge is 0.237 e. The number of anilines is 1. The number of nitrogens with one attached hydrogen (secondary N) is 1. The van der Waals surface area contributed by atoms with E-state index in [-0.39, 0.29) is 10.7 Å². The van der Waals surface area contributed by atoms with E-state index in [1.807, 2.05) is 25.1 Å². The van der Waals surface area contributed by atoms with E-state index in [4.69, 9.17) is 4.74 Å². The third-order valence-electron chi connectivity index (χ3n) is 1.98. The molecule has 15 heavy (non-hydrogen) atoms. The summed E-state index contributed by atoms with van der Waals surface area (Å²) in [5, 5.41) is 2.78. The number of methoxy groups -OCH3 is 1. The number of halogens is 1. The molecule has 0 saturated carbocycles. The molecule has 1 rings (SSSR count). The van der Waals surface area contributed by atoms with E-state index in [0.29, 0.717) is 11.4 Å². The van der Waals surface area contributed by atoms with Crippen LogP contribution in [0.5, 0.6) is 5.75 Å². The average molecular weight is 272 g/mol. The van der Waals surface area contributed by atoms with Gasteiger partial charge in [-0.3, -0.25) is 4.79 Å². The minimum Gasteiger partial charge on any atom is -0.495 e. The molecule has 0 aliphatic heterocycles. The quantitative estimate of drug-likeness (QED) is 0.859. The lowest BCUT2D eigenvalue weighted by atomic mass is 10.2. The highest BCUT2D eigenvalue weighted by Gasteiger charge is 2.11. The van der Waals surface area contributed by atoms with Crippen LogP contribution in [-0.2, 0) is 4.79 Å². The lowest BCUT2D eigenvalue weighted by molar-refractivity contribution is -0.115. The molecule has 1 N–H and O–H groups in total. The van der Waals surface area contributed by atoms with Gasteiger partial charge in [0, 0.05) is 0 Å². The summed E-state index contributed by atoms with van der Waals surface area (Å²) in [6.45, 7) is 3.75. The van der Waals surface area contributed by atoms with Crippen LogP contribution in [0.4, 0.5) is 5.69 Å². The Balaban J connectivity index is 2.89. The van der Waals surface area contributed by atoms with Crippen LogP contribution in [0.3, 0.4) is 0 Å². The van der Waals surface area contributed by atoms with Gasteiger partial charge in [0.15, 0.2) is 0 Å². The number of rotatable bonds is 3. The molecule has 1 aromatic carbocycles. The first kappa shape index (κ1) is 12.0. The number of alkyl halides is 1. The van der Waals surface area contributed by atoms with Gasteiger partial charge in [0.2, 0.25) is 5.91 Å². The number of aryl methyl sites for hydroxylation is 1. The van der Waals surface area contributed by atoms with Crippen molar-refractivity contribution in [2.75, 3.05) is 12.4 Å². The fourth-order valence-electron chi connectivity index (χ4n) is 1.13. The topological polar surface area (TPSA) is 38.3 Å². The van der Waals surface area contributed by atoms with Crippen molar-refractivity contribution in [1.82, 2.24) is 0 Å². The molecule has 0 aromatic heterocycles. The Labute approximate surface area is 97.9 Å². The summed E-state index contributed by atoms with van der Waals surface area (Å²) < 4.78 is 5.18. The first-order valence-electron chi connectivity index (χ1n) is 4.64. The van der Waals surface area contributed by atoms with E-state index in [9.17, 15) is 4.79 Å². The second kappa shape index (κ2) is 5.16. The number of carbonyl (C=O) groups excluding carboxylic acids is 1. The first-order chi connectivity index (χ1) is 7.04. The predicted octanol–water partition coefficient (Wildman–Crippen LogP) is 2.73. The fraction of sp³-hybridized carbons (Fsp3) is 0.364. The Kier molecular flexibility index (Phi) is 4.15. The van der Waals surface area contributed by atoms with Crippen molar-refractivity contribution < 1.29 is 9.53 Å². The summed E-state index contributed by atoms with van der Waals surface area (Å²) in [4.78, 5) is 11.2. The largest absolute Gasteiger partial charge is 0.495 e. The summed E-state index contributed by atoms with van der Waals surface area (Å²) in [5.41, 5.74) is 1.79. The van der Waals surface area contributed by atoms with E-state index in [1.165, 1.54) is 0 Å². The molecule has 1 aromatic rings. The monoisotopic (exact) mass is 271 g/mol. The molecule has 0 spiro atoms. The molecular formula is C11H14BrNO2. The van der Waals surface area contributed by atoms with Gasteiger partial charge in [0.25, 0.3) is 0 Å². The molecule has 1 atom stereocenters. The maximum Gasteiger partial charge on any atom is 0.237 e. The van der Waals surface area contributed by atoms with Crippen molar-refractivity contribution in [3.63, 3.8) is 0 Å². The van der Waals surface area contributed by atoms with Gasteiger partial charge in [-0.2, -0.15) is 0 Å². The molecule has 0 heterocycles. The lowest BCUT2D eigenvalue weighted by Crippen LogP contribution is -2.20. The van der Waals surface area contributed by atoms with Crippen LogP contribution in [0.25, 0.3) is 0 Å². The Morgan fingerprint density at radius 2 is 2.20 bits per heavy atom. The van der Waals surface area contributed by atoms with E-state index >= 15 is 0 Å². The van der Waals surface area contributed by atoms with Crippen molar-refractivity contribution in [3.8, 4) is 5.75 Å². The number of amides is 1. The summed E-state index contributed by atoms with van der Waals surface area (Å²) in [7, 11) is 1.59. The van der Waals surface area contributed by atoms with E-state index < -0.39 is 0 Å². The summed E-state index contributed by atoms with van der Waals surface area (Å²) in [6.07, 6.45) is 0. The second-order valence-electron chi connectivity index (χ2n) is 3.31. The minimum absolute atomic E-state index is 0.0860. The fourth-order valence-corrected chi connectivity index (χ4v) is 1.25. The molecule has 3 nitrogen and oxygen atoms in total. The molecule has 1 amide bonds. The Morgan fingerprint density at radius 1 is 1.53 bits per heavy atom. The standard InChI is InChI=1S/C11H14BrNO2/c1-7-4-5-9(10(6-7)15-3)13-11(14)8(2)12/h4-6,8H,1-3H3,(H,13,14). The number of benzene rings is 1. The maximum atomic E-state index is 11.5. The Hall–Kier alpha value is -1.03. The average Bonchev–Trinajstić information content (AvgIpc) is 2.20. The highest BCUT2D eigenvalue weighted by molar-refractivity contribution is 9.10.